The maximum atomic E-state index is 12.5. The number of likely N-dealkylation sites (N-methyl/N-ethyl adjacent to an activating group) is 1. The van der Waals surface area contributed by atoms with E-state index in [0.717, 1.165) is 5.69 Å². The first-order chi connectivity index (χ1) is 11.4. The molecule has 132 valence electrons. The normalized spacial score (nSPS) is 15.7. The topological polar surface area (TPSA) is 86.1 Å². The van der Waals surface area contributed by atoms with Crippen LogP contribution in [0.2, 0.25) is 0 Å². The van der Waals surface area contributed by atoms with Gasteiger partial charge in [-0.1, -0.05) is 0 Å². The monoisotopic (exact) mass is 335 g/mol. The molecular weight excluding hydrogens is 310 g/mol. The number of aromatic nitrogens is 2. The van der Waals surface area contributed by atoms with Crippen molar-refractivity contribution in [2.45, 2.75) is 6.92 Å². The zero-order valence-corrected chi connectivity index (χ0v) is 14.7. The minimum atomic E-state index is -0.0780. The Morgan fingerprint density at radius 3 is 2.71 bits per heavy atom. The highest BCUT2D eigenvalue weighted by Crippen LogP contribution is 2.16. The molecule has 0 saturated carbocycles. The molecule has 1 fully saturated rings. The highest BCUT2D eigenvalue weighted by atomic mass is 16.2. The van der Waals surface area contributed by atoms with Gasteiger partial charge in [0, 0.05) is 47.0 Å². The first kappa shape index (κ1) is 17.8. The molecule has 1 saturated heterocycles. The minimum Gasteiger partial charge on any atom is -0.356 e. The molecule has 0 spiro atoms. The molecule has 0 aliphatic carbocycles. The molecule has 24 heavy (non-hydrogen) atoms. The van der Waals surface area contributed by atoms with Crippen LogP contribution in [-0.4, -0.2) is 84.2 Å². The summed E-state index contributed by atoms with van der Waals surface area (Å²) >= 11 is 0. The zero-order chi connectivity index (χ0) is 17.7. The van der Waals surface area contributed by atoms with E-state index in [4.69, 9.17) is 0 Å². The Balaban J connectivity index is 2.04. The third kappa shape index (κ3) is 4.24. The van der Waals surface area contributed by atoms with E-state index < -0.39 is 0 Å². The van der Waals surface area contributed by atoms with Crippen molar-refractivity contribution in [1.29, 1.82) is 0 Å². The number of rotatable bonds is 4. The number of piperazine rings is 1. The lowest BCUT2D eigenvalue weighted by atomic mass is 10.3. The SMILES string of the molecule is CCNC(=NCC(=O)N(C)C)N1CCN(c2cnn(C)c2)C(=O)C1. The second kappa shape index (κ2) is 7.80. The van der Waals surface area contributed by atoms with Crippen LogP contribution in [0.1, 0.15) is 6.92 Å². The molecule has 2 amide bonds. The van der Waals surface area contributed by atoms with Gasteiger partial charge in [0.05, 0.1) is 11.9 Å². The number of nitrogens with zero attached hydrogens (tertiary/aromatic N) is 6. The fourth-order valence-electron chi connectivity index (χ4n) is 2.38. The van der Waals surface area contributed by atoms with Crippen LogP contribution < -0.4 is 10.2 Å². The van der Waals surface area contributed by atoms with Crippen molar-refractivity contribution in [3.63, 3.8) is 0 Å². The summed E-state index contributed by atoms with van der Waals surface area (Å²) in [5.74, 6) is 0.497. The van der Waals surface area contributed by atoms with Gasteiger partial charge in [-0.05, 0) is 6.92 Å². The number of hydrogen-bond donors (Lipinski definition) is 1. The summed E-state index contributed by atoms with van der Waals surface area (Å²) in [5.41, 5.74) is 0.798. The minimum absolute atomic E-state index is 0.0150. The van der Waals surface area contributed by atoms with Gasteiger partial charge in [0.15, 0.2) is 5.96 Å². The van der Waals surface area contributed by atoms with Crippen LogP contribution in [-0.2, 0) is 16.6 Å². The predicted octanol–water partition coefficient (Wildman–Crippen LogP) is -0.878. The summed E-state index contributed by atoms with van der Waals surface area (Å²) in [6, 6.07) is 0. The van der Waals surface area contributed by atoms with E-state index in [9.17, 15) is 9.59 Å². The molecule has 1 aliphatic rings. The number of amides is 2. The Morgan fingerprint density at radius 1 is 1.42 bits per heavy atom. The van der Waals surface area contributed by atoms with Crippen LogP contribution in [0.3, 0.4) is 0 Å². The van der Waals surface area contributed by atoms with Crippen molar-refractivity contribution in [3.8, 4) is 0 Å². The van der Waals surface area contributed by atoms with Gasteiger partial charge in [0.2, 0.25) is 11.8 Å². The van der Waals surface area contributed by atoms with E-state index in [1.165, 1.54) is 4.90 Å². The molecule has 1 N–H and O–H groups in total. The second-order valence-corrected chi connectivity index (χ2v) is 5.80. The van der Waals surface area contributed by atoms with Crippen molar-refractivity contribution in [2.24, 2.45) is 12.0 Å². The van der Waals surface area contributed by atoms with E-state index in [0.29, 0.717) is 25.6 Å². The van der Waals surface area contributed by atoms with Crippen molar-refractivity contribution in [2.75, 3.05) is 51.7 Å². The Labute approximate surface area is 141 Å². The van der Waals surface area contributed by atoms with Crippen LogP contribution >= 0.6 is 0 Å². The summed E-state index contributed by atoms with van der Waals surface area (Å²) in [4.78, 5) is 33.6. The molecule has 1 aliphatic heterocycles. The van der Waals surface area contributed by atoms with Crippen molar-refractivity contribution >= 4 is 23.5 Å². The number of aliphatic imine (C=N–C) groups is 1. The number of aryl methyl sites for hydroxylation is 1. The largest absolute Gasteiger partial charge is 0.356 e. The summed E-state index contributed by atoms with van der Waals surface area (Å²) in [5, 5.41) is 7.25. The van der Waals surface area contributed by atoms with Crippen molar-refractivity contribution in [1.82, 2.24) is 24.9 Å². The van der Waals surface area contributed by atoms with Crippen molar-refractivity contribution in [3.05, 3.63) is 12.4 Å². The van der Waals surface area contributed by atoms with Gasteiger partial charge in [0.1, 0.15) is 13.1 Å². The molecule has 2 rings (SSSR count). The fraction of sp³-hybridized carbons (Fsp3) is 0.600. The van der Waals surface area contributed by atoms with Gasteiger partial charge in [-0.2, -0.15) is 5.10 Å². The van der Waals surface area contributed by atoms with Gasteiger partial charge < -0.3 is 20.0 Å². The fourth-order valence-corrected chi connectivity index (χ4v) is 2.38. The molecule has 9 heteroatoms. The Kier molecular flexibility index (Phi) is 5.78. The molecule has 1 aromatic heterocycles. The quantitative estimate of drug-likeness (QED) is 0.571. The third-order valence-electron chi connectivity index (χ3n) is 3.72. The standard InChI is InChI=1S/C15H25N7O2/c1-5-16-15(17-9-13(23)19(2)3)21-6-7-22(14(24)11-21)12-8-18-20(4)10-12/h8,10H,5-7,9,11H2,1-4H3,(H,16,17). The number of anilines is 1. The predicted molar refractivity (Wildman–Crippen MR) is 91.8 cm³/mol. The number of nitrogens with one attached hydrogen (secondary N) is 1. The van der Waals surface area contributed by atoms with Crippen LogP contribution in [0.4, 0.5) is 5.69 Å². The molecule has 0 atom stereocenters. The van der Waals surface area contributed by atoms with Gasteiger partial charge in [-0.15, -0.1) is 0 Å². The third-order valence-corrected chi connectivity index (χ3v) is 3.72. The van der Waals surface area contributed by atoms with E-state index in [2.05, 4.69) is 15.4 Å². The summed E-state index contributed by atoms with van der Waals surface area (Å²) in [6.45, 7) is 4.10. The van der Waals surface area contributed by atoms with Crippen LogP contribution in [0.25, 0.3) is 0 Å². The molecular formula is C15H25N7O2. The van der Waals surface area contributed by atoms with Crippen LogP contribution in [0.15, 0.2) is 17.4 Å². The lowest BCUT2D eigenvalue weighted by molar-refractivity contribution is -0.127. The molecule has 0 aromatic carbocycles. The Bertz CT molecular complexity index is 623. The van der Waals surface area contributed by atoms with Crippen LogP contribution in [0, 0.1) is 0 Å². The molecule has 0 radical (unpaired) electrons. The van der Waals surface area contributed by atoms with Gasteiger partial charge in [0.25, 0.3) is 0 Å². The lowest BCUT2D eigenvalue weighted by Gasteiger charge is -2.35. The van der Waals surface area contributed by atoms with Crippen molar-refractivity contribution < 1.29 is 9.59 Å². The van der Waals surface area contributed by atoms with Gasteiger partial charge in [-0.25, -0.2) is 4.99 Å². The number of carbonyl (C=O) groups is 2. The zero-order valence-electron chi connectivity index (χ0n) is 14.7. The average molecular weight is 335 g/mol. The molecule has 0 bridgehead atoms. The second-order valence-electron chi connectivity index (χ2n) is 5.80. The number of guanidine groups is 1. The van der Waals surface area contributed by atoms with Crippen LogP contribution in [0.5, 0.6) is 0 Å². The van der Waals surface area contributed by atoms with E-state index in [1.807, 2.05) is 25.1 Å². The maximum absolute atomic E-state index is 12.5. The van der Waals surface area contributed by atoms with Gasteiger partial charge >= 0.3 is 0 Å². The maximum Gasteiger partial charge on any atom is 0.246 e. The van der Waals surface area contributed by atoms with E-state index >= 15 is 0 Å². The van der Waals surface area contributed by atoms with E-state index in [-0.39, 0.29) is 24.9 Å². The summed E-state index contributed by atoms with van der Waals surface area (Å²) in [7, 11) is 5.21. The highest BCUT2D eigenvalue weighted by Gasteiger charge is 2.27. The number of carbonyl (C=O) groups excluding carboxylic acids is 2. The smallest absolute Gasteiger partial charge is 0.246 e. The highest BCUT2D eigenvalue weighted by molar-refractivity contribution is 5.98. The van der Waals surface area contributed by atoms with Gasteiger partial charge in [-0.3, -0.25) is 14.3 Å². The molecule has 0 unspecified atom stereocenters. The Hall–Kier alpha value is -2.58. The molecule has 9 nitrogen and oxygen atoms in total. The summed E-state index contributed by atoms with van der Waals surface area (Å²) < 4.78 is 1.67. The molecule has 2 heterocycles. The lowest BCUT2D eigenvalue weighted by Crippen LogP contribution is -2.55. The van der Waals surface area contributed by atoms with E-state index in [1.54, 1.807) is 29.9 Å². The first-order valence-electron chi connectivity index (χ1n) is 7.94. The number of hydrogen-bond acceptors (Lipinski definition) is 4. The first-order valence-corrected chi connectivity index (χ1v) is 7.94. The Morgan fingerprint density at radius 2 is 2.17 bits per heavy atom. The average Bonchev–Trinajstić information content (AvgIpc) is 2.97. The summed E-state index contributed by atoms with van der Waals surface area (Å²) in [6.07, 6.45) is 3.51. The molecule has 1 aromatic rings.